The van der Waals surface area contributed by atoms with E-state index in [4.69, 9.17) is 23.2 Å². The van der Waals surface area contributed by atoms with Gasteiger partial charge in [0.1, 0.15) is 12.1 Å². The van der Waals surface area contributed by atoms with Crippen molar-refractivity contribution in [1.29, 1.82) is 0 Å². The zero-order valence-corrected chi connectivity index (χ0v) is 18.1. The van der Waals surface area contributed by atoms with E-state index in [-0.39, 0.29) is 5.91 Å². The van der Waals surface area contributed by atoms with Crippen LogP contribution in [0, 0.1) is 0 Å². The monoisotopic (exact) mass is 454 g/mol. The molecule has 9 heteroatoms. The van der Waals surface area contributed by atoms with E-state index in [1.54, 1.807) is 29.1 Å². The molecule has 158 valence electrons. The normalized spacial score (nSPS) is 10.9. The molecule has 2 aromatic carbocycles. The smallest absolute Gasteiger partial charge is 0.252 e. The summed E-state index contributed by atoms with van der Waals surface area (Å²) in [7, 11) is 0. The van der Waals surface area contributed by atoms with E-state index in [1.807, 2.05) is 18.2 Å². The fraction of sp³-hybridized carbons (Fsp3) is 0.182. The molecule has 2 N–H and O–H groups in total. The van der Waals surface area contributed by atoms with Gasteiger partial charge in [0.15, 0.2) is 5.65 Å². The molecular weight excluding hydrogens is 435 g/mol. The second-order valence-corrected chi connectivity index (χ2v) is 7.71. The molecule has 2 aromatic heterocycles. The Morgan fingerprint density at radius 2 is 1.87 bits per heavy atom. The fourth-order valence-corrected chi connectivity index (χ4v) is 3.58. The molecule has 0 radical (unpaired) electrons. The number of benzene rings is 2. The number of carbonyl (C=O) groups is 1. The lowest BCUT2D eigenvalue weighted by Crippen LogP contribution is -2.27. The lowest BCUT2D eigenvalue weighted by atomic mass is 10.1. The first-order valence-corrected chi connectivity index (χ1v) is 10.5. The molecule has 0 bridgehead atoms. The highest BCUT2D eigenvalue weighted by Crippen LogP contribution is 2.21. The van der Waals surface area contributed by atoms with Crippen LogP contribution in [-0.2, 0) is 13.0 Å². The van der Waals surface area contributed by atoms with Crippen LogP contribution in [-0.4, -0.2) is 38.7 Å². The van der Waals surface area contributed by atoms with Crippen LogP contribution >= 0.6 is 23.2 Å². The highest BCUT2D eigenvalue weighted by Gasteiger charge is 2.12. The second-order valence-electron chi connectivity index (χ2n) is 6.87. The van der Waals surface area contributed by atoms with Crippen molar-refractivity contribution >= 4 is 46.0 Å². The highest BCUT2D eigenvalue weighted by atomic mass is 35.5. The number of fused-ring (bicyclic) bond motifs is 1. The first kappa shape index (κ1) is 21.1. The molecular formula is C22H20Cl2N6O. The van der Waals surface area contributed by atoms with Crippen LogP contribution in [0.5, 0.6) is 0 Å². The predicted molar refractivity (Wildman–Crippen MR) is 123 cm³/mol. The quantitative estimate of drug-likeness (QED) is 0.416. The standard InChI is InChI=1S/C22H20Cl2N6O/c23-16-6-7-19(24)17(12-16)22(31)26-10-11-30-21-18(13-29-30)20(27-14-28-21)25-9-8-15-4-2-1-3-5-15/h1-7,12-14H,8-11H2,(H,26,31)(H,25,27,28). The molecule has 0 spiro atoms. The maximum atomic E-state index is 12.4. The van der Waals surface area contributed by atoms with Crippen LogP contribution < -0.4 is 10.6 Å². The fourth-order valence-electron chi connectivity index (χ4n) is 3.21. The second kappa shape index (κ2) is 9.76. The third-order valence-corrected chi connectivity index (χ3v) is 5.33. The van der Waals surface area contributed by atoms with E-state index in [0.717, 1.165) is 24.2 Å². The Hall–Kier alpha value is -3.16. The summed E-state index contributed by atoms with van der Waals surface area (Å²) in [5, 5.41) is 12.2. The van der Waals surface area contributed by atoms with Gasteiger partial charge in [-0.25, -0.2) is 14.6 Å². The molecule has 0 saturated heterocycles. The number of hydrogen-bond donors (Lipinski definition) is 2. The van der Waals surface area contributed by atoms with Crippen molar-refractivity contribution in [1.82, 2.24) is 25.1 Å². The van der Waals surface area contributed by atoms with Gasteiger partial charge in [0.25, 0.3) is 5.91 Å². The van der Waals surface area contributed by atoms with Gasteiger partial charge in [-0.05, 0) is 30.2 Å². The van der Waals surface area contributed by atoms with E-state index in [2.05, 4.69) is 37.8 Å². The van der Waals surface area contributed by atoms with E-state index in [0.29, 0.717) is 34.3 Å². The van der Waals surface area contributed by atoms with Gasteiger partial charge in [-0.15, -0.1) is 0 Å². The maximum absolute atomic E-state index is 12.4. The van der Waals surface area contributed by atoms with Gasteiger partial charge >= 0.3 is 0 Å². The first-order valence-electron chi connectivity index (χ1n) is 9.79. The Bertz CT molecular complexity index is 1200. The van der Waals surface area contributed by atoms with E-state index >= 15 is 0 Å². The summed E-state index contributed by atoms with van der Waals surface area (Å²) in [5.41, 5.74) is 2.30. The lowest BCUT2D eigenvalue weighted by molar-refractivity contribution is 0.0952. The molecule has 4 rings (SSSR count). The molecule has 0 atom stereocenters. The summed E-state index contributed by atoms with van der Waals surface area (Å²) in [5.74, 6) is 0.448. The van der Waals surface area contributed by atoms with E-state index in [9.17, 15) is 4.79 Å². The molecule has 0 saturated carbocycles. The molecule has 31 heavy (non-hydrogen) atoms. The van der Waals surface area contributed by atoms with Crippen molar-refractivity contribution in [3.63, 3.8) is 0 Å². The van der Waals surface area contributed by atoms with Crippen molar-refractivity contribution in [2.24, 2.45) is 0 Å². The maximum Gasteiger partial charge on any atom is 0.252 e. The summed E-state index contributed by atoms with van der Waals surface area (Å²) in [4.78, 5) is 21.1. The van der Waals surface area contributed by atoms with Crippen LogP contribution in [0.2, 0.25) is 10.0 Å². The van der Waals surface area contributed by atoms with Gasteiger partial charge < -0.3 is 10.6 Å². The summed E-state index contributed by atoms with van der Waals surface area (Å²) in [6, 6.07) is 15.0. The Morgan fingerprint density at radius 1 is 1.03 bits per heavy atom. The molecule has 2 heterocycles. The van der Waals surface area contributed by atoms with Crippen molar-refractivity contribution in [2.45, 2.75) is 13.0 Å². The molecule has 0 aliphatic carbocycles. The average Bonchev–Trinajstić information content (AvgIpc) is 3.20. The summed E-state index contributed by atoms with van der Waals surface area (Å²) in [6.45, 7) is 1.56. The third kappa shape index (κ3) is 5.13. The Kier molecular flexibility index (Phi) is 6.64. The molecule has 0 unspecified atom stereocenters. The largest absolute Gasteiger partial charge is 0.369 e. The van der Waals surface area contributed by atoms with Crippen LogP contribution in [0.3, 0.4) is 0 Å². The number of aromatic nitrogens is 4. The summed E-state index contributed by atoms with van der Waals surface area (Å²) in [6.07, 6.45) is 4.13. The number of hydrogen-bond acceptors (Lipinski definition) is 5. The topological polar surface area (TPSA) is 84.7 Å². The number of carbonyl (C=O) groups excluding carboxylic acids is 1. The van der Waals surface area contributed by atoms with E-state index < -0.39 is 0 Å². The van der Waals surface area contributed by atoms with Gasteiger partial charge in [0.05, 0.1) is 28.7 Å². The number of nitrogens with one attached hydrogen (secondary N) is 2. The minimum atomic E-state index is -0.290. The molecule has 0 fully saturated rings. The van der Waals surface area contributed by atoms with Crippen molar-refractivity contribution in [3.8, 4) is 0 Å². The van der Waals surface area contributed by atoms with Crippen LogP contribution in [0.4, 0.5) is 5.82 Å². The minimum Gasteiger partial charge on any atom is -0.369 e. The lowest BCUT2D eigenvalue weighted by Gasteiger charge is -2.09. The molecule has 7 nitrogen and oxygen atoms in total. The summed E-state index contributed by atoms with van der Waals surface area (Å²) >= 11 is 12.0. The molecule has 0 aliphatic heterocycles. The highest BCUT2D eigenvalue weighted by molar-refractivity contribution is 6.35. The van der Waals surface area contributed by atoms with Gasteiger partial charge in [-0.2, -0.15) is 5.10 Å². The van der Waals surface area contributed by atoms with Crippen molar-refractivity contribution in [2.75, 3.05) is 18.4 Å². The average molecular weight is 455 g/mol. The SMILES string of the molecule is O=C(NCCn1ncc2c(NCCc3ccccc3)ncnc21)c1cc(Cl)ccc1Cl. The van der Waals surface area contributed by atoms with Gasteiger partial charge in [-0.3, -0.25) is 4.79 Å². The predicted octanol–water partition coefficient (Wildman–Crippen LogP) is 4.22. The number of halogens is 2. The molecule has 1 amide bonds. The Balaban J connectivity index is 1.37. The third-order valence-electron chi connectivity index (χ3n) is 4.76. The number of rotatable bonds is 8. The molecule has 0 aliphatic rings. The minimum absolute atomic E-state index is 0.290. The number of amides is 1. The zero-order valence-electron chi connectivity index (χ0n) is 16.6. The first-order chi connectivity index (χ1) is 15.1. The van der Waals surface area contributed by atoms with Crippen LogP contribution in [0.25, 0.3) is 11.0 Å². The van der Waals surface area contributed by atoms with Crippen LogP contribution in [0.15, 0.2) is 61.1 Å². The van der Waals surface area contributed by atoms with Gasteiger partial charge in [-0.1, -0.05) is 53.5 Å². The Morgan fingerprint density at radius 3 is 2.71 bits per heavy atom. The van der Waals surface area contributed by atoms with Gasteiger partial charge in [0, 0.05) is 18.1 Å². The molecule has 4 aromatic rings. The Labute approximate surface area is 189 Å². The number of anilines is 1. The van der Waals surface area contributed by atoms with Crippen molar-refractivity contribution < 1.29 is 4.79 Å². The van der Waals surface area contributed by atoms with E-state index in [1.165, 1.54) is 11.9 Å². The van der Waals surface area contributed by atoms with Gasteiger partial charge in [0.2, 0.25) is 0 Å². The number of nitrogens with zero attached hydrogens (tertiary/aromatic N) is 4. The zero-order chi connectivity index (χ0) is 21.6. The van der Waals surface area contributed by atoms with Crippen molar-refractivity contribution in [3.05, 3.63) is 82.2 Å². The summed E-state index contributed by atoms with van der Waals surface area (Å²) < 4.78 is 1.74. The van der Waals surface area contributed by atoms with Crippen LogP contribution in [0.1, 0.15) is 15.9 Å².